The van der Waals surface area contributed by atoms with Crippen molar-refractivity contribution in [2.45, 2.75) is 91.4 Å². The van der Waals surface area contributed by atoms with Gasteiger partial charge in [-0.05, 0) is 64.7 Å². The van der Waals surface area contributed by atoms with Gasteiger partial charge in [-0.3, -0.25) is 4.79 Å². The van der Waals surface area contributed by atoms with Gasteiger partial charge >= 0.3 is 5.97 Å². The molecule has 0 aromatic rings. The van der Waals surface area contributed by atoms with Gasteiger partial charge in [-0.1, -0.05) is 27.2 Å². The second-order valence-corrected chi connectivity index (χ2v) is 9.19. The molecule has 0 bridgehead atoms. The van der Waals surface area contributed by atoms with Crippen LogP contribution in [0.1, 0.15) is 74.1 Å². The quantitative estimate of drug-likeness (QED) is 0.732. The molecule has 4 heteroatoms. The van der Waals surface area contributed by atoms with Crippen molar-refractivity contribution >= 4 is 5.97 Å². The summed E-state index contributed by atoms with van der Waals surface area (Å²) in [5, 5.41) is 10.1. The monoisotopic (exact) mass is 327 g/mol. The zero-order chi connectivity index (χ0) is 18.0. The van der Waals surface area contributed by atoms with Gasteiger partial charge in [0.05, 0.1) is 11.5 Å². The number of hydrogen-bond donors (Lipinski definition) is 2. The van der Waals surface area contributed by atoms with E-state index in [1.54, 1.807) is 13.8 Å². The Hall–Kier alpha value is -0.610. The lowest BCUT2D eigenvalue weighted by atomic mass is 9.75. The lowest BCUT2D eigenvalue weighted by molar-refractivity contribution is -0.165. The Balaban J connectivity index is 2.87. The van der Waals surface area contributed by atoms with E-state index >= 15 is 0 Å². The summed E-state index contributed by atoms with van der Waals surface area (Å²) in [7, 11) is 0. The summed E-state index contributed by atoms with van der Waals surface area (Å²) in [4.78, 5) is 12.8. The van der Waals surface area contributed by atoms with Crippen LogP contribution in [0, 0.1) is 23.7 Å². The second-order valence-electron chi connectivity index (χ2n) is 9.19. The molecule has 1 aliphatic rings. The van der Waals surface area contributed by atoms with E-state index in [0.29, 0.717) is 24.2 Å². The molecule has 0 heterocycles. The number of carbonyl (C=O) groups is 1. The fourth-order valence-electron chi connectivity index (χ4n) is 3.63. The first-order valence-corrected chi connectivity index (χ1v) is 9.03. The molecule has 0 radical (unpaired) electrons. The minimum absolute atomic E-state index is 0.0297. The highest BCUT2D eigenvalue weighted by Gasteiger charge is 2.40. The molecular weight excluding hydrogens is 290 g/mol. The number of rotatable bonds is 6. The first kappa shape index (κ1) is 20.4. The molecule has 0 aromatic heterocycles. The minimum Gasteiger partial charge on any atom is -0.462 e. The van der Waals surface area contributed by atoms with Crippen molar-refractivity contribution in [2.24, 2.45) is 29.4 Å². The zero-order valence-corrected chi connectivity index (χ0v) is 16.1. The van der Waals surface area contributed by atoms with Gasteiger partial charge in [-0.2, -0.15) is 0 Å². The average Bonchev–Trinajstić information content (AvgIpc) is 2.33. The van der Waals surface area contributed by atoms with Crippen molar-refractivity contribution in [2.75, 3.05) is 0 Å². The first-order valence-electron chi connectivity index (χ1n) is 9.03. The van der Waals surface area contributed by atoms with Crippen LogP contribution < -0.4 is 5.73 Å². The number of carbonyl (C=O) groups excluding carboxylic acids is 1. The molecule has 0 saturated heterocycles. The Labute approximate surface area is 142 Å². The summed E-state index contributed by atoms with van der Waals surface area (Å²) in [6.45, 7) is 13.7. The molecule has 3 N–H and O–H groups in total. The minimum atomic E-state index is -0.947. The van der Waals surface area contributed by atoms with Crippen molar-refractivity contribution in [3.63, 3.8) is 0 Å². The number of ether oxygens (including phenoxy) is 1. The van der Waals surface area contributed by atoms with Crippen LogP contribution in [0.3, 0.4) is 0 Å². The van der Waals surface area contributed by atoms with Crippen LogP contribution >= 0.6 is 0 Å². The molecule has 1 fully saturated rings. The summed E-state index contributed by atoms with van der Waals surface area (Å²) in [5.74, 6) is 0.732. The van der Waals surface area contributed by atoms with Gasteiger partial charge < -0.3 is 15.6 Å². The molecule has 1 aliphatic carbocycles. The standard InChI is InChI=1S/C19H37NO3/c1-12(2)14-9-8-13(3)10-16(14)23-17(21)15(19(6,7)20)11-18(4,5)22/h12-16,22H,8-11,20H2,1-7H3/t13-,14+,15-,16-/m1/s1. The van der Waals surface area contributed by atoms with Crippen LogP contribution in [-0.2, 0) is 9.53 Å². The molecule has 23 heavy (non-hydrogen) atoms. The molecule has 0 amide bonds. The van der Waals surface area contributed by atoms with Gasteiger partial charge in [0.2, 0.25) is 0 Å². The molecule has 1 saturated carbocycles. The van der Waals surface area contributed by atoms with E-state index in [1.807, 2.05) is 13.8 Å². The fraction of sp³-hybridized carbons (Fsp3) is 0.947. The van der Waals surface area contributed by atoms with Gasteiger partial charge in [-0.15, -0.1) is 0 Å². The van der Waals surface area contributed by atoms with E-state index in [1.165, 1.54) is 6.42 Å². The van der Waals surface area contributed by atoms with E-state index in [0.717, 1.165) is 12.8 Å². The van der Waals surface area contributed by atoms with Crippen molar-refractivity contribution in [1.82, 2.24) is 0 Å². The van der Waals surface area contributed by atoms with Crippen molar-refractivity contribution in [3.8, 4) is 0 Å². The van der Waals surface area contributed by atoms with E-state index in [4.69, 9.17) is 10.5 Å². The fourth-order valence-corrected chi connectivity index (χ4v) is 3.63. The summed E-state index contributed by atoms with van der Waals surface area (Å²) in [5.41, 5.74) is 4.54. The lowest BCUT2D eigenvalue weighted by Gasteiger charge is -2.39. The normalized spacial score (nSPS) is 27.8. The molecule has 136 valence electrons. The molecule has 1 rings (SSSR count). The molecule has 0 unspecified atom stereocenters. The van der Waals surface area contributed by atoms with E-state index in [2.05, 4.69) is 20.8 Å². The predicted molar refractivity (Wildman–Crippen MR) is 93.9 cm³/mol. The maximum Gasteiger partial charge on any atom is 0.311 e. The Bertz CT molecular complexity index is 392. The first-order chi connectivity index (χ1) is 10.3. The smallest absolute Gasteiger partial charge is 0.311 e. The Kier molecular flexibility index (Phi) is 6.68. The van der Waals surface area contributed by atoms with Gasteiger partial charge in [0.15, 0.2) is 0 Å². The average molecular weight is 328 g/mol. The maximum atomic E-state index is 12.8. The largest absolute Gasteiger partial charge is 0.462 e. The highest BCUT2D eigenvalue weighted by Crippen LogP contribution is 2.36. The summed E-state index contributed by atoms with van der Waals surface area (Å²) in [6, 6.07) is 0. The summed E-state index contributed by atoms with van der Waals surface area (Å²) < 4.78 is 5.94. The van der Waals surface area contributed by atoms with Crippen molar-refractivity contribution in [1.29, 1.82) is 0 Å². The van der Waals surface area contributed by atoms with Crippen LogP contribution in [0.5, 0.6) is 0 Å². The van der Waals surface area contributed by atoms with E-state index in [9.17, 15) is 9.90 Å². The number of esters is 1. The van der Waals surface area contributed by atoms with Crippen LogP contribution in [0.15, 0.2) is 0 Å². The number of nitrogens with two attached hydrogens (primary N) is 1. The second kappa shape index (κ2) is 7.52. The van der Waals surface area contributed by atoms with Gasteiger partial charge in [0.1, 0.15) is 6.10 Å². The highest BCUT2D eigenvalue weighted by molar-refractivity contribution is 5.74. The summed E-state index contributed by atoms with van der Waals surface area (Å²) in [6.07, 6.45) is 3.52. The SMILES string of the molecule is CC(C)[C@@H]1CC[C@@H](C)C[C@H]1OC(=O)[C@@H](CC(C)(C)O)C(C)(C)N. The lowest BCUT2D eigenvalue weighted by Crippen LogP contribution is -2.50. The highest BCUT2D eigenvalue weighted by atomic mass is 16.5. The molecule has 4 nitrogen and oxygen atoms in total. The van der Waals surface area contributed by atoms with E-state index < -0.39 is 17.1 Å². The van der Waals surface area contributed by atoms with Crippen molar-refractivity contribution in [3.05, 3.63) is 0 Å². The van der Waals surface area contributed by atoms with Gasteiger partial charge in [0.25, 0.3) is 0 Å². The number of hydrogen-bond acceptors (Lipinski definition) is 4. The molecule has 0 spiro atoms. The third kappa shape index (κ3) is 6.42. The van der Waals surface area contributed by atoms with Crippen LogP contribution in [0.2, 0.25) is 0 Å². The molecular formula is C19H37NO3. The van der Waals surface area contributed by atoms with Gasteiger partial charge in [0, 0.05) is 5.54 Å². The predicted octanol–water partition coefficient (Wildman–Crippen LogP) is 3.50. The van der Waals surface area contributed by atoms with Crippen molar-refractivity contribution < 1.29 is 14.6 Å². The summed E-state index contributed by atoms with van der Waals surface area (Å²) >= 11 is 0. The van der Waals surface area contributed by atoms with Gasteiger partial charge in [-0.25, -0.2) is 0 Å². The van der Waals surface area contributed by atoms with Crippen LogP contribution in [0.25, 0.3) is 0 Å². The van der Waals surface area contributed by atoms with Crippen LogP contribution in [0.4, 0.5) is 0 Å². The Morgan fingerprint density at radius 3 is 2.26 bits per heavy atom. The maximum absolute atomic E-state index is 12.8. The molecule has 4 atom stereocenters. The zero-order valence-electron chi connectivity index (χ0n) is 16.1. The number of aliphatic hydroxyl groups is 1. The van der Waals surface area contributed by atoms with Crippen LogP contribution in [-0.4, -0.2) is 28.3 Å². The third-order valence-corrected chi connectivity index (χ3v) is 5.12. The molecule has 0 aromatic carbocycles. The Morgan fingerprint density at radius 2 is 1.83 bits per heavy atom. The third-order valence-electron chi connectivity index (χ3n) is 5.12. The van der Waals surface area contributed by atoms with E-state index in [-0.39, 0.29) is 12.1 Å². The Morgan fingerprint density at radius 1 is 1.26 bits per heavy atom. The topological polar surface area (TPSA) is 72.5 Å². The molecule has 0 aliphatic heterocycles.